The second-order valence-corrected chi connectivity index (χ2v) is 3.40. The SMILES string of the molecule is CN(C)Cc1cscc1C#N. The molecule has 0 fully saturated rings. The first-order valence-electron chi connectivity index (χ1n) is 3.34. The lowest BCUT2D eigenvalue weighted by Crippen LogP contribution is -2.10. The molecule has 0 aromatic carbocycles. The van der Waals surface area contributed by atoms with Gasteiger partial charge in [-0.3, -0.25) is 0 Å². The summed E-state index contributed by atoms with van der Waals surface area (Å²) in [6, 6.07) is 2.16. The molecule has 2 nitrogen and oxygen atoms in total. The molecule has 0 N–H and O–H groups in total. The molecule has 0 aliphatic rings. The summed E-state index contributed by atoms with van der Waals surface area (Å²) >= 11 is 1.58. The van der Waals surface area contributed by atoms with E-state index in [0.29, 0.717) is 0 Å². The fourth-order valence-electron chi connectivity index (χ4n) is 0.885. The standard InChI is InChI=1S/C8H10N2S/c1-10(2)4-8-6-11-5-7(8)3-9/h5-6H,4H2,1-2H3. The zero-order chi connectivity index (χ0) is 8.27. The maximum absolute atomic E-state index is 8.66. The first kappa shape index (κ1) is 8.25. The number of hydrogen-bond donors (Lipinski definition) is 0. The molecule has 0 atom stereocenters. The second-order valence-electron chi connectivity index (χ2n) is 2.66. The van der Waals surface area contributed by atoms with Gasteiger partial charge in [-0.25, -0.2) is 0 Å². The molecular weight excluding hydrogens is 156 g/mol. The van der Waals surface area contributed by atoms with Crippen LogP contribution in [0.5, 0.6) is 0 Å². The van der Waals surface area contributed by atoms with Gasteiger partial charge in [-0.2, -0.15) is 16.6 Å². The molecule has 0 radical (unpaired) electrons. The van der Waals surface area contributed by atoms with Crippen LogP contribution in [0.25, 0.3) is 0 Å². The van der Waals surface area contributed by atoms with Crippen LogP contribution < -0.4 is 0 Å². The number of nitriles is 1. The summed E-state index contributed by atoms with van der Waals surface area (Å²) in [5.41, 5.74) is 1.94. The van der Waals surface area contributed by atoms with E-state index in [1.165, 1.54) is 0 Å². The third kappa shape index (κ3) is 2.04. The van der Waals surface area contributed by atoms with E-state index < -0.39 is 0 Å². The molecule has 58 valence electrons. The van der Waals surface area contributed by atoms with E-state index >= 15 is 0 Å². The van der Waals surface area contributed by atoms with Crippen molar-refractivity contribution in [2.45, 2.75) is 6.54 Å². The minimum absolute atomic E-state index is 0.809. The molecule has 0 bridgehead atoms. The quantitative estimate of drug-likeness (QED) is 0.668. The Balaban J connectivity index is 2.79. The zero-order valence-electron chi connectivity index (χ0n) is 6.66. The van der Waals surface area contributed by atoms with E-state index in [0.717, 1.165) is 17.7 Å². The van der Waals surface area contributed by atoms with E-state index in [4.69, 9.17) is 5.26 Å². The van der Waals surface area contributed by atoms with Crippen molar-refractivity contribution in [1.82, 2.24) is 4.90 Å². The summed E-state index contributed by atoms with van der Waals surface area (Å²) < 4.78 is 0. The lowest BCUT2D eigenvalue weighted by atomic mass is 10.2. The molecule has 0 aliphatic heterocycles. The summed E-state index contributed by atoms with van der Waals surface area (Å²) in [7, 11) is 4.00. The van der Waals surface area contributed by atoms with Gasteiger partial charge in [0.15, 0.2) is 0 Å². The van der Waals surface area contributed by atoms with Gasteiger partial charge < -0.3 is 4.90 Å². The Morgan fingerprint density at radius 3 is 2.82 bits per heavy atom. The van der Waals surface area contributed by atoms with Crippen LogP contribution >= 0.6 is 11.3 Å². The van der Waals surface area contributed by atoms with Crippen molar-refractivity contribution < 1.29 is 0 Å². The fraction of sp³-hybridized carbons (Fsp3) is 0.375. The first-order chi connectivity index (χ1) is 5.24. The Kier molecular flexibility index (Phi) is 2.64. The molecule has 0 saturated heterocycles. The Bertz CT molecular complexity index is 270. The molecule has 0 spiro atoms. The third-order valence-electron chi connectivity index (χ3n) is 1.35. The van der Waals surface area contributed by atoms with Crippen LogP contribution in [0.2, 0.25) is 0 Å². The van der Waals surface area contributed by atoms with Gasteiger partial charge in [-0.1, -0.05) is 0 Å². The average molecular weight is 166 g/mol. The Morgan fingerprint density at radius 1 is 1.55 bits per heavy atom. The van der Waals surface area contributed by atoms with E-state index in [1.54, 1.807) is 11.3 Å². The molecule has 0 unspecified atom stereocenters. The minimum Gasteiger partial charge on any atom is -0.305 e. The van der Waals surface area contributed by atoms with Gasteiger partial charge in [0.2, 0.25) is 0 Å². The van der Waals surface area contributed by atoms with Crippen molar-refractivity contribution in [1.29, 1.82) is 5.26 Å². The molecule has 1 aromatic heterocycles. The van der Waals surface area contributed by atoms with Crippen molar-refractivity contribution in [3.63, 3.8) is 0 Å². The van der Waals surface area contributed by atoms with Gasteiger partial charge >= 0.3 is 0 Å². The number of thiophene rings is 1. The molecule has 1 aromatic rings. The average Bonchev–Trinajstić information content (AvgIpc) is 2.34. The molecular formula is C8H10N2S. The van der Waals surface area contributed by atoms with Crippen LogP contribution in [-0.4, -0.2) is 19.0 Å². The molecule has 0 saturated carbocycles. The summed E-state index contributed by atoms with van der Waals surface area (Å²) in [6.07, 6.45) is 0. The molecule has 0 aliphatic carbocycles. The second kappa shape index (κ2) is 3.51. The Labute approximate surface area is 70.7 Å². The molecule has 0 amide bonds. The van der Waals surface area contributed by atoms with Crippen molar-refractivity contribution >= 4 is 11.3 Å². The highest BCUT2D eigenvalue weighted by Crippen LogP contribution is 2.14. The van der Waals surface area contributed by atoms with Crippen LogP contribution in [0.1, 0.15) is 11.1 Å². The van der Waals surface area contributed by atoms with Crippen LogP contribution in [0.15, 0.2) is 10.8 Å². The lowest BCUT2D eigenvalue weighted by molar-refractivity contribution is 0.403. The minimum atomic E-state index is 0.809. The van der Waals surface area contributed by atoms with Gasteiger partial charge in [-0.15, -0.1) is 0 Å². The molecule has 11 heavy (non-hydrogen) atoms. The predicted octanol–water partition coefficient (Wildman–Crippen LogP) is 1.68. The van der Waals surface area contributed by atoms with E-state index in [1.807, 2.05) is 24.9 Å². The largest absolute Gasteiger partial charge is 0.305 e. The van der Waals surface area contributed by atoms with Crippen molar-refractivity contribution in [2.75, 3.05) is 14.1 Å². The summed E-state index contributed by atoms with van der Waals surface area (Å²) in [5.74, 6) is 0. The maximum atomic E-state index is 8.66. The van der Waals surface area contributed by atoms with Crippen LogP contribution in [0.3, 0.4) is 0 Å². The summed E-state index contributed by atoms with van der Waals surface area (Å²) in [5, 5.41) is 12.6. The van der Waals surface area contributed by atoms with Gasteiger partial charge in [0.1, 0.15) is 6.07 Å². The Hall–Kier alpha value is -0.850. The van der Waals surface area contributed by atoms with Crippen LogP contribution in [0, 0.1) is 11.3 Å². The molecule has 1 heterocycles. The van der Waals surface area contributed by atoms with Crippen molar-refractivity contribution in [2.24, 2.45) is 0 Å². The van der Waals surface area contributed by atoms with Gasteiger partial charge in [0.25, 0.3) is 0 Å². The maximum Gasteiger partial charge on any atom is 0.100 e. The van der Waals surface area contributed by atoms with Gasteiger partial charge in [0.05, 0.1) is 5.56 Å². The molecule has 3 heteroatoms. The van der Waals surface area contributed by atoms with Gasteiger partial charge in [0, 0.05) is 11.9 Å². The summed E-state index contributed by atoms with van der Waals surface area (Å²) in [6.45, 7) is 0.854. The van der Waals surface area contributed by atoms with Crippen LogP contribution in [0.4, 0.5) is 0 Å². The van der Waals surface area contributed by atoms with Crippen LogP contribution in [-0.2, 0) is 6.54 Å². The monoisotopic (exact) mass is 166 g/mol. The first-order valence-corrected chi connectivity index (χ1v) is 4.28. The van der Waals surface area contributed by atoms with E-state index in [2.05, 4.69) is 11.0 Å². The predicted molar refractivity (Wildman–Crippen MR) is 46.4 cm³/mol. The van der Waals surface area contributed by atoms with Crippen molar-refractivity contribution in [3.05, 3.63) is 21.9 Å². The highest BCUT2D eigenvalue weighted by Gasteiger charge is 2.02. The highest BCUT2D eigenvalue weighted by molar-refractivity contribution is 7.08. The number of nitrogens with zero attached hydrogens (tertiary/aromatic N) is 2. The normalized spacial score (nSPS) is 10.0. The smallest absolute Gasteiger partial charge is 0.100 e. The van der Waals surface area contributed by atoms with E-state index in [-0.39, 0.29) is 0 Å². The number of hydrogen-bond acceptors (Lipinski definition) is 3. The van der Waals surface area contributed by atoms with Crippen molar-refractivity contribution in [3.8, 4) is 6.07 Å². The topological polar surface area (TPSA) is 27.0 Å². The van der Waals surface area contributed by atoms with Gasteiger partial charge in [-0.05, 0) is 25.0 Å². The number of rotatable bonds is 2. The molecule has 1 rings (SSSR count). The van der Waals surface area contributed by atoms with E-state index in [9.17, 15) is 0 Å². The third-order valence-corrected chi connectivity index (χ3v) is 2.14. The Morgan fingerprint density at radius 2 is 2.27 bits per heavy atom. The highest BCUT2D eigenvalue weighted by atomic mass is 32.1. The lowest BCUT2D eigenvalue weighted by Gasteiger charge is -2.07. The zero-order valence-corrected chi connectivity index (χ0v) is 7.48. The fourth-order valence-corrected chi connectivity index (χ4v) is 1.66. The summed E-state index contributed by atoms with van der Waals surface area (Å²) in [4.78, 5) is 2.06.